The summed E-state index contributed by atoms with van der Waals surface area (Å²) in [6, 6.07) is 0.525. The van der Waals surface area contributed by atoms with Crippen LogP contribution in [-0.4, -0.2) is 88.1 Å². The number of hydrogen-bond donors (Lipinski definition) is 3. The van der Waals surface area contributed by atoms with Crippen LogP contribution in [0.1, 0.15) is 26.7 Å². The third kappa shape index (κ3) is 6.03. The van der Waals surface area contributed by atoms with Crippen molar-refractivity contribution in [3.05, 3.63) is 0 Å². The fourth-order valence-corrected chi connectivity index (χ4v) is 2.59. The van der Waals surface area contributed by atoms with Gasteiger partial charge in [-0.15, -0.1) is 0 Å². The summed E-state index contributed by atoms with van der Waals surface area (Å²) in [7, 11) is 7.95. The zero-order chi connectivity index (χ0) is 18.3. The van der Waals surface area contributed by atoms with Gasteiger partial charge in [-0.3, -0.25) is 9.59 Å². The third-order valence-electron chi connectivity index (χ3n) is 5.14. The lowest BCUT2D eigenvalue weighted by atomic mass is 9.82. The highest BCUT2D eigenvalue weighted by Crippen LogP contribution is 2.30. The molecule has 3 atom stereocenters. The Balaban J connectivity index is 2.57. The molecule has 7 heteroatoms. The number of carbonyl (C=O) groups is 2. The van der Waals surface area contributed by atoms with E-state index in [-0.39, 0.29) is 30.3 Å². The Hall–Kier alpha value is -1.18. The van der Waals surface area contributed by atoms with Crippen molar-refractivity contribution < 1.29 is 9.59 Å². The molecule has 3 N–H and O–H groups in total. The standard InChI is InChI=1S/C17H35N5O2/c1-13(21(3)4)10-19-15(23)9-17(7-8-18-12-17)16(24)20-11-14(2)22(5)6/h13-14,18H,7-12H2,1-6H3,(H,19,23)(H,20,24). The molecule has 24 heavy (non-hydrogen) atoms. The van der Waals surface area contributed by atoms with Gasteiger partial charge in [-0.05, 0) is 55.0 Å². The lowest BCUT2D eigenvalue weighted by Crippen LogP contribution is -2.49. The third-order valence-corrected chi connectivity index (χ3v) is 5.14. The average molecular weight is 342 g/mol. The highest BCUT2D eigenvalue weighted by molar-refractivity contribution is 5.89. The Labute approximate surface area is 146 Å². The van der Waals surface area contributed by atoms with Crippen molar-refractivity contribution in [2.45, 2.75) is 38.8 Å². The molecule has 1 saturated heterocycles. The highest BCUT2D eigenvalue weighted by Gasteiger charge is 2.42. The first-order valence-electron chi connectivity index (χ1n) is 8.76. The van der Waals surface area contributed by atoms with Gasteiger partial charge >= 0.3 is 0 Å². The number of rotatable bonds is 9. The van der Waals surface area contributed by atoms with Crippen molar-refractivity contribution in [1.29, 1.82) is 0 Å². The van der Waals surface area contributed by atoms with E-state index in [1.807, 2.05) is 28.2 Å². The maximum atomic E-state index is 12.7. The van der Waals surface area contributed by atoms with Gasteiger partial charge in [0.2, 0.25) is 11.8 Å². The molecule has 1 fully saturated rings. The molecule has 0 aromatic rings. The molecule has 0 aromatic carbocycles. The molecule has 0 saturated carbocycles. The lowest BCUT2D eigenvalue weighted by Gasteiger charge is -2.29. The Morgan fingerprint density at radius 2 is 1.58 bits per heavy atom. The van der Waals surface area contributed by atoms with E-state index in [0.717, 1.165) is 6.54 Å². The number of nitrogens with zero attached hydrogens (tertiary/aromatic N) is 2. The van der Waals surface area contributed by atoms with Crippen LogP contribution in [0.4, 0.5) is 0 Å². The molecule has 3 unspecified atom stereocenters. The van der Waals surface area contributed by atoms with E-state index in [0.29, 0.717) is 26.1 Å². The quantitative estimate of drug-likeness (QED) is 0.527. The van der Waals surface area contributed by atoms with Crippen LogP contribution in [0, 0.1) is 5.41 Å². The lowest BCUT2D eigenvalue weighted by molar-refractivity contribution is -0.135. The van der Waals surface area contributed by atoms with Crippen LogP contribution in [-0.2, 0) is 9.59 Å². The summed E-state index contributed by atoms with van der Waals surface area (Å²) >= 11 is 0. The average Bonchev–Trinajstić information content (AvgIpc) is 2.99. The zero-order valence-corrected chi connectivity index (χ0v) is 16.1. The van der Waals surface area contributed by atoms with Gasteiger partial charge in [-0.1, -0.05) is 0 Å². The molecule has 0 radical (unpaired) electrons. The van der Waals surface area contributed by atoms with E-state index < -0.39 is 5.41 Å². The number of carbonyl (C=O) groups excluding carboxylic acids is 2. The molecule has 1 rings (SSSR count). The van der Waals surface area contributed by atoms with Gasteiger partial charge in [-0.2, -0.15) is 0 Å². The van der Waals surface area contributed by atoms with Crippen molar-refractivity contribution in [3.63, 3.8) is 0 Å². The van der Waals surface area contributed by atoms with Gasteiger partial charge in [0.25, 0.3) is 0 Å². The van der Waals surface area contributed by atoms with Gasteiger partial charge in [0.05, 0.1) is 5.41 Å². The zero-order valence-electron chi connectivity index (χ0n) is 16.1. The van der Waals surface area contributed by atoms with Gasteiger partial charge in [-0.25, -0.2) is 0 Å². The molecular weight excluding hydrogens is 306 g/mol. The van der Waals surface area contributed by atoms with Crippen molar-refractivity contribution in [2.24, 2.45) is 5.41 Å². The Morgan fingerprint density at radius 3 is 2.04 bits per heavy atom. The van der Waals surface area contributed by atoms with Crippen LogP contribution in [0.5, 0.6) is 0 Å². The second kappa shape index (κ2) is 9.34. The van der Waals surface area contributed by atoms with E-state index in [4.69, 9.17) is 0 Å². The first-order valence-corrected chi connectivity index (χ1v) is 8.76. The van der Waals surface area contributed by atoms with Crippen LogP contribution < -0.4 is 16.0 Å². The molecule has 1 aliphatic rings. The first-order chi connectivity index (χ1) is 11.2. The smallest absolute Gasteiger partial charge is 0.228 e. The number of nitrogens with one attached hydrogen (secondary N) is 3. The molecule has 0 bridgehead atoms. The fourth-order valence-electron chi connectivity index (χ4n) is 2.59. The van der Waals surface area contributed by atoms with E-state index in [9.17, 15) is 9.59 Å². The van der Waals surface area contributed by atoms with E-state index in [1.165, 1.54) is 0 Å². The minimum Gasteiger partial charge on any atom is -0.355 e. The molecule has 0 aromatic heterocycles. The minimum atomic E-state index is -0.628. The molecule has 140 valence electrons. The van der Waals surface area contributed by atoms with Crippen molar-refractivity contribution in [3.8, 4) is 0 Å². The van der Waals surface area contributed by atoms with Crippen molar-refractivity contribution >= 4 is 11.8 Å². The summed E-state index contributed by atoms with van der Waals surface area (Å²) in [5.74, 6) is -0.0692. The van der Waals surface area contributed by atoms with Crippen LogP contribution >= 0.6 is 0 Å². The monoisotopic (exact) mass is 341 g/mol. The van der Waals surface area contributed by atoms with E-state index >= 15 is 0 Å². The maximum absolute atomic E-state index is 12.7. The van der Waals surface area contributed by atoms with E-state index in [2.05, 4.69) is 39.6 Å². The molecule has 0 aliphatic carbocycles. The maximum Gasteiger partial charge on any atom is 0.228 e. The highest BCUT2D eigenvalue weighted by atomic mass is 16.2. The molecule has 1 aliphatic heterocycles. The Kier molecular flexibility index (Phi) is 8.12. The van der Waals surface area contributed by atoms with Gasteiger partial charge in [0, 0.05) is 38.1 Å². The Morgan fingerprint density at radius 1 is 1.04 bits per heavy atom. The molecule has 7 nitrogen and oxygen atoms in total. The topological polar surface area (TPSA) is 76.7 Å². The first kappa shape index (κ1) is 20.9. The summed E-state index contributed by atoms with van der Waals surface area (Å²) < 4.78 is 0. The minimum absolute atomic E-state index is 0.0167. The van der Waals surface area contributed by atoms with Gasteiger partial charge < -0.3 is 25.8 Å². The van der Waals surface area contributed by atoms with Crippen LogP contribution in [0.25, 0.3) is 0 Å². The summed E-state index contributed by atoms with van der Waals surface area (Å²) in [6.45, 7) is 6.64. The van der Waals surface area contributed by atoms with Crippen molar-refractivity contribution in [2.75, 3.05) is 54.4 Å². The summed E-state index contributed by atoms with van der Waals surface area (Å²) in [5.41, 5.74) is -0.628. The normalized spacial score (nSPS) is 23.3. The SMILES string of the molecule is CC(CNC(=O)CC1(C(=O)NCC(C)N(C)C)CCNC1)N(C)C. The van der Waals surface area contributed by atoms with Gasteiger partial charge in [0.1, 0.15) is 0 Å². The summed E-state index contributed by atoms with van der Waals surface area (Å²) in [6.07, 6.45) is 0.939. The van der Waals surface area contributed by atoms with Crippen LogP contribution in [0.15, 0.2) is 0 Å². The fraction of sp³-hybridized carbons (Fsp3) is 0.882. The number of amides is 2. The van der Waals surface area contributed by atoms with Crippen LogP contribution in [0.3, 0.4) is 0 Å². The predicted octanol–water partition coefficient (Wildman–Crippen LogP) is -0.511. The number of hydrogen-bond acceptors (Lipinski definition) is 5. The second-order valence-electron chi connectivity index (χ2n) is 7.52. The Bertz CT molecular complexity index is 419. The summed E-state index contributed by atoms with van der Waals surface area (Å²) in [4.78, 5) is 29.2. The molecule has 0 spiro atoms. The number of likely N-dealkylation sites (N-methyl/N-ethyl adjacent to an activating group) is 2. The molecular formula is C17H35N5O2. The molecule has 1 heterocycles. The largest absolute Gasteiger partial charge is 0.355 e. The summed E-state index contributed by atoms with van der Waals surface area (Å²) in [5, 5.41) is 9.22. The predicted molar refractivity (Wildman–Crippen MR) is 96.9 cm³/mol. The van der Waals surface area contributed by atoms with Gasteiger partial charge in [0.15, 0.2) is 0 Å². The van der Waals surface area contributed by atoms with E-state index in [1.54, 1.807) is 0 Å². The second-order valence-corrected chi connectivity index (χ2v) is 7.52. The molecule has 2 amide bonds. The van der Waals surface area contributed by atoms with Crippen LogP contribution in [0.2, 0.25) is 0 Å². The van der Waals surface area contributed by atoms with Crippen molar-refractivity contribution in [1.82, 2.24) is 25.8 Å².